The van der Waals surface area contributed by atoms with Crippen LogP contribution in [0.4, 0.5) is 30.2 Å². The van der Waals surface area contributed by atoms with Crippen LogP contribution in [0.25, 0.3) is 22.2 Å². The number of halogens is 3. The van der Waals surface area contributed by atoms with Gasteiger partial charge in [-0.15, -0.1) is 0 Å². The predicted molar refractivity (Wildman–Crippen MR) is 239 cm³/mol. The van der Waals surface area contributed by atoms with Crippen LogP contribution in [0.5, 0.6) is 0 Å². The molecular weight excluding hydrogens is 878 g/mol. The summed E-state index contributed by atoms with van der Waals surface area (Å²) >= 11 is 0. The number of nitrogens with zero attached hydrogens (tertiary/aromatic N) is 6. The summed E-state index contributed by atoms with van der Waals surface area (Å²) < 4.78 is 73.0. The molecule has 1 spiro atoms. The highest BCUT2D eigenvalue weighted by Gasteiger charge is 2.52. The number of hydrogen-bond acceptors (Lipinski definition) is 11. The Morgan fingerprint density at radius 1 is 0.848 bits per heavy atom. The fraction of sp³-hybridized carbons (Fsp3) is 0.391. The Morgan fingerprint density at radius 2 is 1.61 bits per heavy atom. The van der Waals surface area contributed by atoms with Gasteiger partial charge < -0.3 is 25.0 Å². The van der Waals surface area contributed by atoms with Crippen LogP contribution in [0.3, 0.4) is 0 Å². The van der Waals surface area contributed by atoms with Crippen LogP contribution in [0.2, 0.25) is 0 Å². The van der Waals surface area contributed by atoms with E-state index in [-0.39, 0.29) is 54.9 Å². The molecule has 0 bridgehead atoms. The van der Waals surface area contributed by atoms with Gasteiger partial charge in [-0.2, -0.15) is 12.7 Å². The first kappa shape index (κ1) is 43.5. The van der Waals surface area contributed by atoms with Gasteiger partial charge in [-0.05, 0) is 79.6 Å². The molecule has 8 heterocycles. The van der Waals surface area contributed by atoms with Crippen LogP contribution < -0.4 is 25.2 Å². The molecule has 10 rings (SSSR count). The number of fused-ring (bicyclic) bond motifs is 1. The first-order valence-corrected chi connectivity index (χ1v) is 23.5. The number of imide groups is 1. The Hall–Kier alpha value is -6.38. The maximum absolute atomic E-state index is 15.7. The lowest BCUT2D eigenvalue weighted by atomic mass is 9.72. The number of rotatable bonds is 12. The number of carbonyl (C=O) groups excluding carboxylic acids is 4. The van der Waals surface area contributed by atoms with E-state index >= 15 is 8.78 Å². The minimum absolute atomic E-state index is 0.00386. The zero-order valence-corrected chi connectivity index (χ0v) is 36.6. The van der Waals surface area contributed by atoms with Crippen molar-refractivity contribution in [2.45, 2.75) is 44.3 Å². The third-order valence-corrected chi connectivity index (χ3v) is 15.0. The van der Waals surface area contributed by atoms with E-state index in [0.29, 0.717) is 22.5 Å². The number of pyridine rings is 2. The number of nitrogens with one attached hydrogen (secondary N) is 4. The normalized spacial score (nSPS) is 21.4. The number of aromatic nitrogens is 3. The minimum atomic E-state index is -4.35. The lowest BCUT2D eigenvalue weighted by molar-refractivity contribution is -0.134. The number of amides is 3. The smallest absolute Gasteiger partial charge is 0.301 e. The van der Waals surface area contributed by atoms with Crippen molar-refractivity contribution in [3.05, 3.63) is 102 Å². The summed E-state index contributed by atoms with van der Waals surface area (Å²) in [6.45, 7) is 6.43. The first-order chi connectivity index (χ1) is 31.7. The molecule has 66 heavy (non-hydrogen) atoms. The fourth-order valence-corrected chi connectivity index (χ4v) is 11.3. The van der Waals surface area contributed by atoms with Crippen LogP contribution in [0, 0.1) is 23.0 Å². The van der Waals surface area contributed by atoms with Crippen molar-refractivity contribution in [3.63, 3.8) is 0 Å². The zero-order valence-electron chi connectivity index (χ0n) is 35.7. The van der Waals surface area contributed by atoms with Crippen molar-refractivity contribution in [2.75, 3.05) is 73.4 Å². The van der Waals surface area contributed by atoms with Gasteiger partial charge in [-0.25, -0.2) is 23.1 Å². The number of hydrogen-bond donors (Lipinski definition) is 4. The molecule has 0 aliphatic carbocycles. The maximum Gasteiger partial charge on any atom is 0.301 e. The highest BCUT2D eigenvalue weighted by atomic mass is 32.2. The second kappa shape index (κ2) is 17.1. The highest BCUT2D eigenvalue weighted by Crippen LogP contribution is 2.43. The van der Waals surface area contributed by atoms with Crippen LogP contribution in [-0.4, -0.2) is 127 Å². The number of benzene rings is 2. The molecule has 5 aliphatic rings. The van der Waals surface area contributed by atoms with E-state index in [9.17, 15) is 32.0 Å². The number of alkyl halides is 1. The number of carbonyl (C=O) groups is 4. The third-order valence-electron chi connectivity index (χ3n) is 13.5. The van der Waals surface area contributed by atoms with Gasteiger partial charge in [-0.3, -0.25) is 29.2 Å². The van der Waals surface area contributed by atoms with Gasteiger partial charge in [0.1, 0.15) is 29.4 Å². The van der Waals surface area contributed by atoms with Gasteiger partial charge >= 0.3 is 10.2 Å². The molecule has 344 valence electrons. The molecule has 2 aromatic carbocycles. The fourth-order valence-electron chi connectivity index (χ4n) is 9.98. The van der Waals surface area contributed by atoms with Crippen LogP contribution >= 0.6 is 0 Å². The summed E-state index contributed by atoms with van der Waals surface area (Å²) in [5.41, 5.74) is 2.79. The van der Waals surface area contributed by atoms with Gasteiger partial charge in [0, 0.05) is 105 Å². The second-order valence-corrected chi connectivity index (χ2v) is 19.8. The van der Waals surface area contributed by atoms with Gasteiger partial charge in [0.15, 0.2) is 5.82 Å². The van der Waals surface area contributed by atoms with E-state index in [1.807, 2.05) is 35.1 Å². The van der Waals surface area contributed by atoms with E-state index in [0.717, 1.165) is 92.0 Å². The molecule has 0 radical (unpaired) electrons. The summed E-state index contributed by atoms with van der Waals surface area (Å²) in [6, 6.07) is 14.3. The molecule has 5 aromatic rings. The summed E-state index contributed by atoms with van der Waals surface area (Å²) in [4.78, 5) is 68.7. The van der Waals surface area contributed by atoms with E-state index < -0.39 is 62.9 Å². The molecule has 3 amide bonds. The topological polar surface area (TPSA) is 193 Å². The van der Waals surface area contributed by atoms with Crippen LogP contribution in [-0.2, 0) is 19.8 Å². The molecule has 2 atom stereocenters. The highest BCUT2D eigenvalue weighted by molar-refractivity contribution is 7.90. The molecule has 5 aliphatic heterocycles. The lowest BCUT2D eigenvalue weighted by Gasteiger charge is -2.61. The third kappa shape index (κ3) is 8.48. The van der Waals surface area contributed by atoms with Crippen LogP contribution in [0.15, 0.2) is 73.2 Å². The summed E-state index contributed by atoms with van der Waals surface area (Å²) in [7, 11) is -4.35. The largest absolute Gasteiger partial charge is 0.370 e. The number of aromatic amines is 1. The lowest BCUT2D eigenvalue weighted by Crippen LogP contribution is -2.72. The Bertz CT molecular complexity index is 2840. The SMILES string of the molecule is O=C1CC[C@H](NC(=O)c2ccc(N3CCC(CN4CC5(C4)CN(c4ccc(-c6cnc7[nH]cc(C(=O)c8c(F)ccc(NS(=O)(=O)N9CC[C@@H](F)C9)c8F)c7c6)cc4)C5)CC3)cn2)C(=O)N1. The van der Waals surface area contributed by atoms with Crippen molar-refractivity contribution in [3.8, 4) is 11.1 Å². The molecule has 0 saturated carbocycles. The average Bonchev–Trinajstić information content (AvgIpc) is 3.93. The molecule has 5 fully saturated rings. The summed E-state index contributed by atoms with van der Waals surface area (Å²) in [6.07, 6.45) is 5.89. The molecule has 20 heteroatoms. The van der Waals surface area contributed by atoms with Crippen molar-refractivity contribution >= 4 is 61.8 Å². The van der Waals surface area contributed by atoms with Crippen molar-refractivity contribution in [1.29, 1.82) is 0 Å². The molecule has 5 saturated heterocycles. The molecular formula is C46H47F3N10O6S. The standard InChI is InChI=1S/C46H47F3N10O6S/c47-30-13-16-59(22-30)66(64,65)55-36-8-6-35(48)40(41(36)49)42(61)34-20-52-43-33(34)17-29(18-51-43)28-1-3-31(4-2-28)58-25-46(26-58)23-56(24-46)21-27-11-14-57(15-12-27)32-5-7-37(50-19-32)44(62)53-38-9-10-39(60)54-45(38)63/h1-8,17-20,27,30,38,55H,9-16,21-26H2,(H,51,52)(H,53,62)(H,54,60,63)/t30-,38+/m1/s1. The summed E-state index contributed by atoms with van der Waals surface area (Å²) in [5.74, 6) is -4.24. The number of likely N-dealkylation sites (tertiary alicyclic amines) is 1. The molecule has 3 aromatic heterocycles. The van der Waals surface area contributed by atoms with Crippen molar-refractivity contribution in [2.24, 2.45) is 11.3 Å². The predicted octanol–water partition coefficient (Wildman–Crippen LogP) is 4.41. The van der Waals surface area contributed by atoms with E-state index in [1.54, 1.807) is 24.5 Å². The van der Waals surface area contributed by atoms with Gasteiger partial charge in [0.05, 0.1) is 23.1 Å². The van der Waals surface area contributed by atoms with Crippen molar-refractivity contribution in [1.82, 2.24) is 34.8 Å². The van der Waals surface area contributed by atoms with Crippen LogP contribution in [0.1, 0.15) is 58.5 Å². The Morgan fingerprint density at radius 3 is 2.30 bits per heavy atom. The van der Waals surface area contributed by atoms with Gasteiger partial charge in [0.2, 0.25) is 17.6 Å². The van der Waals surface area contributed by atoms with E-state index in [2.05, 4.69) is 40.3 Å². The number of piperidine rings is 2. The number of H-pyrrole nitrogens is 1. The minimum Gasteiger partial charge on any atom is -0.370 e. The molecule has 4 N–H and O–H groups in total. The Balaban J connectivity index is 0.703. The van der Waals surface area contributed by atoms with E-state index in [1.165, 1.54) is 6.20 Å². The van der Waals surface area contributed by atoms with Gasteiger partial charge in [0.25, 0.3) is 5.91 Å². The number of ketones is 1. The monoisotopic (exact) mass is 924 g/mol. The Kier molecular flexibility index (Phi) is 11.3. The average molecular weight is 925 g/mol. The first-order valence-electron chi connectivity index (χ1n) is 22.1. The number of anilines is 3. The maximum atomic E-state index is 15.7. The van der Waals surface area contributed by atoms with Crippen molar-refractivity contribution < 1.29 is 40.8 Å². The quantitative estimate of drug-likeness (QED) is 0.102. The van der Waals surface area contributed by atoms with E-state index in [4.69, 9.17) is 0 Å². The van der Waals surface area contributed by atoms with Gasteiger partial charge in [-0.1, -0.05) is 12.1 Å². The second-order valence-electron chi connectivity index (χ2n) is 18.2. The molecule has 16 nitrogen and oxygen atoms in total. The molecule has 0 unspecified atom stereocenters. The Labute approximate surface area is 378 Å². The summed E-state index contributed by atoms with van der Waals surface area (Å²) in [5, 5.41) is 5.24. The zero-order chi connectivity index (χ0) is 45.9.